The van der Waals surface area contributed by atoms with Gasteiger partial charge in [-0.3, -0.25) is 0 Å². The maximum Gasteiger partial charge on any atom is 0.138 e. The number of nitrogens with zero attached hydrogens (tertiary/aromatic N) is 2. The van der Waals surface area contributed by atoms with Crippen molar-refractivity contribution in [2.24, 2.45) is 0 Å². The Hall–Kier alpha value is -1.71. The van der Waals surface area contributed by atoms with E-state index in [9.17, 15) is 8.78 Å². The van der Waals surface area contributed by atoms with Gasteiger partial charge in [0, 0.05) is 30.3 Å². The van der Waals surface area contributed by atoms with E-state index in [-0.39, 0.29) is 5.56 Å². The van der Waals surface area contributed by atoms with Crippen LogP contribution in [0.5, 0.6) is 0 Å². The number of fused-ring (bicyclic) bond motifs is 1. The van der Waals surface area contributed by atoms with Gasteiger partial charge < -0.3 is 4.57 Å². The van der Waals surface area contributed by atoms with Crippen LogP contribution in [0.4, 0.5) is 8.78 Å². The molecule has 0 radical (unpaired) electrons. The minimum Gasteiger partial charge on any atom is -0.334 e. The molecule has 0 aliphatic carbocycles. The average molecular weight is 234 g/mol. The highest BCUT2D eigenvalue weighted by Crippen LogP contribution is 2.27. The van der Waals surface area contributed by atoms with E-state index in [1.165, 1.54) is 19.1 Å². The second kappa shape index (κ2) is 3.65. The zero-order chi connectivity index (χ0) is 12.0. The van der Waals surface area contributed by atoms with Crippen molar-refractivity contribution in [3.05, 3.63) is 41.4 Å². The first-order valence-corrected chi connectivity index (χ1v) is 5.68. The molecule has 2 aromatic rings. The minimum atomic E-state index is -0.516. The number of aromatic nitrogens is 2. The van der Waals surface area contributed by atoms with E-state index in [0.29, 0.717) is 11.3 Å². The lowest BCUT2D eigenvalue weighted by atomic mass is 10.1. The third-order valence-corrected chi connectivity index (χ3v) is 3.25. The van der Waals surface area contributed by atoms with Crippen molar-refractivity contribution in [2.45, 2.75) is 26.3 Å². The molecule has 0 N–H and O–H groups in total. The van der Waals surface area contributed by atoms with Crippen molar-refractivity contribution >= 4 is 0 Å². The Morgan fingerprint density at radius 1 is 1.29 bits per heavy atom. The second-order valence-electron chi connectivity index (χ2n) is 4.37. The van der Waals surface area contributed by atoms with E-state index in [4.69, 9.17) is 0 Å². The Bertz CT molecular complexity index is 566. The van der Waals surface area contributed by atoms with Gasteiger partial charge in [-0.1, -0.05) is 0 Å². The Morgan fingerprint density at radius 2 is 2.12 bits per heavy atom. The molecule has 0 amide bonds. The van der Waals surface area contributed by atoms with E-state index in [1.54, 1.807) is 0 Å². The molecule has 0 bridgehead atoms. The zero-order valence-electron chi connectivity index (χ0n) is 9.50. The van der Waals surface area contributed by atoms with Crippen LogP contribution in [0.3, 0.4) is 0 Å². The van der Waals surface area contributed by atoms with Gasteiger partial charge in [0.2, 0.25) is 0 Å². The first-order valence-electron chi connectivity index (χ1n) is 5.68. The summed E-state index contributed by atoms with van der Waals surface area (Å²) in [5.74, 6) is -0.0406. The number of halogens is 2. The van der Waals surface area contributed by atoms with Gasteiger partial charge >= 0.3 is 0 Å². The highest BCUT2D eigenvalue weighted by Gasteiger charge is 2.18. The molecule has 1 aliphatic rings. The fourth-order valence-electron chi connectivity index (χ4n) is 2.24. The van der Waals surface area contributed by atoms with E-state index < -0.39 is 11.6 Å². The fourth-order valence-corrected chi connectivity index (χ4v) is 2.24. The summed E-state index contributed by atoms with van der Waals surface area (Å²) < 4.78 is 29.1. The molecule has 4 heteroatoms. The molecule has 0 unspecified atom stereocenters. The van der Waals surface area contributed by atoms with Crippen molar-refractivity contribution in [3.63, 3.8) is 0 Å². The first kappa shape index (κ1) is 10.4. The third-order valence-electron chi connectivity index (χ3n) is 3.25. The van der Waals surface area contributed by atoms with Crippen LogP contribution in [0.15, 0.2) is 18.3 Å². The van der Waals surface area contributed by atoms with Crippen LogP contribution in [0.25, 0.3) is 11.3 Å². The summed E-state index contributed by atoms with van der Waals surface area (Å²) in [6.45, 7) is 2.38. The monoisotopic (exact) mass is 234 g/mol. The Morgan fingerprint density at radius 3 is 2.88 bits per heavy atom. The molecular weight excluding hydrogens is 222 g/mol. The van der Waals surface area contributed by atoms with E-state index in [1.807, 2.05) is 10.8 Å². The smallest absolute Gasteiger partial charge is 0.138 e. The van der Waals surface area contributed by atoms with Gasteiger partial charge in [0.1, 0.15) is 17.5 Å². The van der Waals surface area contributed by atoms with Crippen LogP contribution in [0.1, 0.15) is 17.8 Å². The van der Waals surface area contributed by atoms with Gasteiger partial charge in [-0.2, -0.15) is 0 Å². The van der Waals surface area contributed by atoms with Crippen LogP contribution in [-0.2, 0) is 13.0 Å². The standard InChI is InChI=1S/C13H12F2N2/c1-8-10(14)5-4-9(13(8)15)11-7-17-6-2-3-12(17)16-11/h4-5,7H,2-3,6H2,1H3. The minimum absolute atomic E-state index is 0.0515. The maximum atomic E-state index is 13.9. The van der Waals surface area contributed by atoms with Crippen LogP contribution >= 0.6 is 0 Å². The van der Waals surface area contributed by atoms with Crippen LogP contribution in [0, 0.1) is 18.6 Å². The van der Waals surface area contributed by atoms with Gasteiger partial charge in [-0.05, 0) is 25.5 Å². The molecule has 2 nitrogen and oxygen atoms in total. The lowest BCUT2D eigenvalue weighted by Gasteiger charge is -2.03. The quantitative estimate of drug-likeness (QED) is 0.741. The normalized spacial score (nSPS) is 14.1. The number of benzene rings is 1. The molecular formula is C13H12F2N2. The van der Waals surface area contributed by atoms with Gasteiger partial charge in [0.05, 0.1) is 5.69 Å². The molecule has 0 saturated heterocycles. The molecule has 0 saturated carbocycles. The molecule has 0 atom stereocenters. The van der Waals surface area contributed by atoms with E-state index >= 15 is 0 Å². The molecule has 0 fully saturated rings. The fraction of sp³-hybridized carbons (Fsp3) is 0.308. The lowest BCUT2D eigenvalue weighted by Crippen LogP contribution is -1.93. The topological polar surface area (TPSA) is 17.8 Å². The third kappa shape index (κ3) is 1.55. The maximum absolute atomic E-state index is 13.9. The highest BCUT2D eigenvalue weighted by molar-refractivity contribution is 5.61. The number of aryl methyl sites for hydroxylation is 2. The van der Waals surface area contributed by atoms with Gasteiger partial charge in [-0.15, -0.1) is 0 Å². The summed E-state index contributed by atoms with van der Waals surface area (Å²) in [5.41, 5.74) is 1.03. The summed E-state index contributed by atoms with van der Waals surface area (Å²) in [7, 11) is 0. The molecule has 1 aromatic carbocycles. The van der Waals surface area contributed by atoms with E-state index in [2.05, 4.69) is 4.98 Å². The summed E-state index contributed by atoms with van der Waals surface area (Å²) in [6, 6.07) is 2.74. The van der Waals surface area contributed by atoms with Crippen molar-refractivity contribution in [1.29, 1.82) is 0 Å². The predicted octanol–water partition coefficient (Wildman–Crippen LogP) is 3.08. The molecule has 3 rings (SSSR count). The number of rotatable bonds is 1. The predicted molar refractivity (Wildman–Crippen MR) is 60.6 cm³/mol. The summed E-state index contributed by atoms with van der Waals surface area (Å²) >= 11 is 0. The highest BCUT2D eigenvalue weighted by atomic mass is 19.1. The van der Waals surface area contributed by atoms with Crippen molar-refractivity contribution in [1.82, 2.24) is 9.55 Å². The average Bonchev–Trinajstić information content (AvgIpc) is 2.86. The van der Waals surface area contributed by atoms with Gasteiger partial charge in [-0.25, -0.2) is 13.8 Å². The van der Waals surface area contributed by atoms with E-state index in [0.717, 1.165) is 25.2 Å². The van der Waals surface area contributed by atoms with Gasteiger partial charge in [0.15, 0.2) is 0 Å². The number of hydrogen-bond donors (Lipinski definition) is 0. The molecule has 17 heavy (non-hydrogen) atoms. The SMILES string of the molecule is Cc1c(F)ccc(-c2cn3c(n2)CCC3)c1F. The molecule has 2 heterocycles. The van der Waals surface area contributed by atoms with Crippen molar-refractivity contribution in [2.75, 3.05) is 0 Å². The summed E-state index contributed by atoms with van der Waals surface area (Å²) in [6.07, 6.45) is 3.87. The van der Waals surface area contributed by atoms with Crippen LogP contribution < -0.4 is 0 Å². The first-order chi connectivity index (χ1) is 8.16. The molecule has 0 spiro atoms. The zero-order valence-corrected chi connectivity index (χ0v) is 9.50. The summed E-state index contributed by atoms with van der Waals surface area (Å²) in [4.78, 5) is 4.39. The van der Waals surface area contributed by atoms with Crippen LogP contribution in [-0.4, -0.2) is 9.55 Å². The molecule has 88 valence electrons. The Kier molecular flexibility index (Phi) is 2.24. The molecule has 1 aromatic heterocycles. The number of imidazole rings is 1. The Balaban J connectivity index is 2.12. The van der Waals surface area contributed by atoms with Crippen LogP contribution in [0.2, 0.25) is 0 Å². The second-order valence-corrected chi connectivity index (χ2v) is 4.37. The lowest BCUT2D eigenvalue weighted by molar-refractivity contribution is 0.570. The molecule has 1 aliphatic heterocycles. The summed E-state index contributed by atoms with van der Waals surface area (Å²) in [5, 5.41) is 0. The Labute approximate surface area is 97.9 Å². The van der Waals surface area contributed by atoms with Crippen molar-refractivity contribution in [3.8, 4) is 11.3 Å². The van der Waals surface area contributed by atoms with Gasteiger partial charge in [0.25, 0.3) is 0 Å². The number of hydrogen-bond acceptors (Lipinski definition) is 1. The van der Waals surface area contributed by atoms with Crippen molar-refractivity contribution < 1.29 is 8.78 Å². The largest absolute Gasteiger partial charge is 0.334 e.